The molecular weight excluding hydrogens is 1090 g/mol. The lowest BCUT2D eigenvalue weighted by atomic mass is 10.0. The van der Waals surface area contributed by atoms with Gasteiger partial charge < -0.3 is 20.3 Å². The average molecular weight is 1250 g/mol. The summed E-state index contributed by atoms with van der Waals surface area (Å²) in [5.74, 6) is -0.0136. The van der Waals surface area contributed by atoms with E-state index in [1.54, 1.807) is 0 Å². The number of carbonyl (C=O) groups is 2. The summed E-state index contributed by atoms with van der Waals surface area (Å²) in [6, 6.07) is -0.537. The van der Waals surface area contributed by atoms with E-state index in [0.29, 0.717) is 25.9 Å². The molecule has 0 saturated carbocycles. The Morgan fingerprint density at radius 1 is 0.315 bits per heavy atom. The van der Waals surface area contributed by atoms with Gasteiger partial charge in [-0.15, -0.1) is 0 Å². The molecule has 0 spiro atoms. The molecule has 0 aliphatic heterocycles. The number of amides is 1. The lowest BCUT2D eigenvalue weighted by Crippen LogP contribution is -2.45. The van der Waals surface area contributed by atoms with Crippen LogP contribution < -0.4 is 5.32 Å². The van der Waals surface area contributed by atoms with Crippen molar-refractivity contribution >= 4 is 11.9 Å². The second-order valence-corrected chi connectivity index (χ2v) is 28.5. The number of aliphatic hydroxyl groups excluding tert-OH is 2. The van der Waals surface area contributed by atoms with Crippen molar-refractivity contribution < 1.29 is 24.5 Å². The first kappa shape index (κ1) is 87.3. The zero-order chi connectivity index (χ0) is 64.2. The first-order valence-corrected chi connectivity index (χ1v) is 41.1. The van der Waals surface area contributed by atoms with Crippen LogP contribution >= 0.6 is 0 Å². The van der Waals surface area contributed by atoms with Crippen molar-refractivity contribution in [3.63, 3.8) is 0 Å². The van der Waals surface area contributed by atoms with Crippen molar-refractivity contribution in [2.75, 3.05) is 13.2 Å². The van der Waals surface area contributed by atoms with E-state index in [1.165, 1.54) is 385 Å². The van der Waals surface area contributed by atoms with E-state index in [9.17, 15) is 19.8 Å². The summed E-state index contributed by atoms with van der Waals surface area (Å²) in [6.45, 7) is 4.96. The maximum Gasteiger partial charge on any atom is 0.305 e. The smallest absolute Gasteiger partial charge is 0.305 e. The van der Waals surface area contributed by atoms with Crippen LogP contribution in [-0.2, 0) is 14.3 Å². The van der Waals surface area contributed by atoms with E-state index in [-0.39, 0.29) is 18.5 Å². The van der Waals surface area contributed by atoms with Gasteiger partial charge >= 0.3 is 5.97 Å². The number of allylic oxidation sites excluding steroid dienone is 4. The minimum absolute atomic E-state index is 0.0102. The maximum absolute atomic E-state index is 12.6. The largest absolute Gasteiger partial charge is 0.466 e. The molecule has 0 radical (unpaired) electrons. The summed E-state index contributed by atoms with van der Waals surface area (Å²) in [5, 5.41) is 23.4. The highest BCUT2D eigenvalue weighted by Gasteiger charge is 2.20. The third-order valence-electron chi connectivity index (χ3n) is 19.5. The Labute approximate surface area is 558 Å². The minimum atomic E-state index is -0.660. The van der Waals surface area contributed by atoms with Gasteiger partial charge in [-0.05, 0) is 51.4 Å². The molecule has 0 aromatic carbocycles. The Hall–Kier alpha value is -1.66. The monoisotopic (exact) mass is 1250 g/mol. The summed E-state index contributed by atoms with van der Waals surface area (Å²) < 4.78 is 5.49. The molecule has 0 bridgehead atoms. The van der Waals surface area contributed by atoms with Crippen molar-refractivity contribution in [3.05, 3.63) is 24.3 Å². The molecule has 0 aliphatic rings. The Kier molecular flexibility index (Phi) is 77.3. The second-order valence-electron chi connectivity index (χ2n) is 28.5. The van der Waals surface area contributed by atoms with Crippen molar-refractivity contribution in [1.82, 2.24) is 5.32 Å². The molecular formula is C83H161NO5. The molecule has 1 amide bonds. The number of hydrogen-bond donors (Lipinski definition) is 3. The molecule has 2 unspecified atom stereocenters. The van der Waals surface area contributed by atoms with Gasteiger partial charge in [-0.25, -0.2) is 0 Å². The lowest BCUT2D eigenvalue weighted by Gasteiger charge is -2.22. The van der Waals surface area contributed by atoms with E-state index in [2.05, 4.69) is 43.5 Å². The highest BCUT2D eigenvalue weighted by atomic mass is 16.5. The molecule has 3 N–H and O–H groups in total. The molecule has 6 heteroatoms. The van der Waals surface area contributed by atoms with Crippen LogP contribution in [-0.4, -0.2) is 47.4 Å². The van der Waals surface area contributed by atoms with E-state index in [0.717, 1.165) is 51.4 Å². The van der Waals surface area contributed by atoms with Crippen molar-refractivity contribution in [2.24, 2.45) is 0 Å². The Morgan fingerprint density at radius 2 is 0.573 bits per heavy atom. The number of aliphatic hydroxyl groups is 2. The van der Waals surface area contributed by atoms with Gasteiger partial charge in [0, 0.05) is 12.8 Å². The predicted octanol–water partition coefficient (Wildman–Crippen LogP) is 27.2. The van der Waals surface area contributed by atoms with Crippen LogP contribution in [0.25, 0.3) is 0 Å². The third-order valence-corrected chi connectivity index (χ3v) is 19.5. The van der Waals surface area contributed by atoms with Crippen LogP contribution in [0.15, 0.2) is 24.3 Å². The summed E-state index contributed by atoms with van der Waals surface area (Å²) in [6.07, 6.45) is 102. The number of nitrogens with one attached hydrogen (secondary N) is 1. The van der Waals surface area contributed by atoms with Crippen molar-refractivity contribution in [3.8, 4) is 0 Å². The standard InChI is InChI=1S/C83H161NO5/c1-3-5-7-9-11-13-15-17-19-20-42-45-48-51-55-59-63-67-71-75-81(86)80(79-85)84-82(87)76-72-68-64-60-56-52-49-46-43-40-38-36-34-32-30-28-26-24-22-21-23-25-27-29-31-33-35-37-39-41-44-47-50-54-58-62-66-70-74-78-89-83(88)77-73-69-65-61-57-53-18-16-14-12-10-8-6-4-2/h10,12,16,18,80-81,85-86H,3-9,11,13-15,17,19-79H2,1-2H3,(H,84,87)/b12-10-,18-16-. The highest BCUT2D eigenvalue weighted by Crippen LogP contribution is 2.21. The number of esters is 1. The number of rotatable bonds is 78. The molecule has 0 rings (SSSR count). The molecule has 0 fully saturated rings. The number of ether oxygens (including phenoxy) is 1. The second kappa shape index (κ2) is 78.8. The lowest BCUT2D eigenvalue weighted by molar-refractivity contribution is -0.143. The van der Waals surface area contributed by atoms with Gasteiger partial charge in [-0.3, -0.25) is 9.59 Å². The highest BCUT2D eigenvalue weighted by molar-refractivity contribution is 5.76. The number of carbonyl (C=O) groups excluding carboxylic acids is 2. The third kappa shape index (κ3) is 75.3. The summed E-state index contributed by atoms with van der Waals surface area (Å²) in [7, 11) is 0. The van der Waals surface area contributed by atoms with Gasteiger partial charge in [-0.2, -0.15) is 0 Å². The minimum Gasteiger partial charge on any atom is -0.466 e. The van der Waals surface area contributed by atoms with Gasteiger partial charge in [-0.1, -0.05) is 430 Å². The fourth-order valence-electron chi connectivity index (χ4n) is 13.3. The fraction of sp³-hybridized carbons (Fsp3) is 0.928. The van der Waals surface area contributed by atoms with Crippen LogP contribution in [0.5, 0.6) is 0 Å². The van der Waals surface area contributed by atoms with Gasteiger partial charge in [0.2, 0.25) is 5.91 Å². The maximum atomic E-state index is 12.6. The van der Waals surface area contributed by atoms with Crippen molar-refractivity contribution in [2.45, 2.75) is 482 Å². The molecule has 528 valence electrons. The zero-order valence-corrected chi connectivity index (χ0v) is 60.7. The number of hydrogen-bond acceptors (Lipinski definition) is 5. The molecule has 0 saturated heterocycles. The van der Waals surface area contributed by atoms with Crippen LogP contribution in [0.4, 0.5) is 0 Å². The van der Waals surface area contributed by atoms with E-state index < -0.39 is 12.1 Å². The molecule has 89 heavy (non-hydrogen) atoms. The molecule has 6 nitrogen and oxygen atoms in total. The van der Waals surface area contributed by atoms with Crippen LogP contribution in [0, 0.1) is 0 Å². The van der Waals surface area contributed by atoms with Gasteiger partial charge in [0.25, 0.3) is 0 Å². The van der Waals surface area contributed by atoms with E-state index in [4.69, 9.17) is 4.74 Å². The predicted molar refractivity (Wildman–Crippen MR) is 393 cm³/mol. The summed E-state index contributed by atoms with van der Waals surface area (Å²) >= 11 is 0. The first-order chi connectivity index (χ1) is 44.0. The van der Waals surface area contributed by atoms with Crippen LogP contribution in [0.3, 0.4) is 0 Å². The van der Waals surface area contributed by atoms with Crippen LogP contribution in [0.1, 0.15) is 470 Å². The normalized spacial score (nSPS) is 12.5. The van der Waals surface area contributed by atoms with Gasteiger partial charge in [0.05, 0.1) is 25.4 Å². The van der Waals surface area contributed by atoms with Crippen LogP contribution in [0.2, 0.25) is 0 Å². The zero-order valence-electron chi connectivity index (χ0n) is 60.7. The Balaban J connectivity index is 3.29. The molecule has 0 aliphatic carbocycles. The Bertz CT molecular complexity index is 1400. The summed E-state index contributed by atoms with van der Waals surface area (Å²) in [5.41, 5.74) is 0. The quantitative estimate of drug-likeness (QED) is 0.0320. The molecule has 0 aromatic heterocycles. The molecule has 2 atom stereocenters. The number of unbranched alkanes of at least 4 members (excludes halogenated alkanes) is 63. The Morgan fingerprint density at radius 3 is 0.888 bits per heavy atom. The van der Waals surface area contributed by atoms with E-state index in [1.807, 2.05) is 0 Å². The van der Waals surface area contributed by atoms with Gasteiger partial charge in [0.15, 0.2) is 0 Å². The average Bonchev–Trinajstić information content (AvgIpc) is 3.63. The topological polar surface area (TPSA) is 95.9 Å². The summed E-state index contributed by atoms with van der Waals surface area (Å²) in [4.78, 5) is 24.6. The first-order valence-electron chi connectivity index (χ1n) is 41.1. The fourth-order valence-corrected chi connectivity index (χ4v) is 13.3. The molecule has 0 aromatic rings. The SMILES string of the molecule is CCCC/C=C\C/C=C\CCCCCCCC(=O)OCCCCCCCCCCCCCCCCCCCCCCCCCCCCCCCCCCCCCCCCCC(=O)NC(CO)C(O)CCCCCCCCCCCCCCCCCCCCC. The van der Waals surface area contributed by atoms with Gasteiger partial charge in [0.1, 0.15) is 0 Å². The molecule has 0 heterocycles. The van der Waals surface area contributed by atoms with Crippen molar-refractivity contribution in [1.29, 1.82) is 0 Å². The van der Waals surface area contributed by atoms with E-state index >= 15 is 0 Å².